The highest BCUT2D eigenvalue weighted by molar-refractivity contribution is 5.89. The second kappa shape index (κ2) is 6.11. The molecule has 1 aliphatic heterocycles. The van der Waals surface area contributed by atoms with E-state index in [0.717, 1.165) is 44.1 Å². The van der Waals surface area contributed by atoms with Crippen LogP contribution in [0, 0.1) is 0 Å². The molecule has 1 amide bonds. The van der Waals surface area contributed by atoms with Crippen molar-refractivity contribution < 1.29 is 14.7 Å². The van der Waals surface area contributed by atoms with Gasteiger partial charge in [-0.3, -0.25) is 9.59 Å². The maximum absolute atomic E-state index is 13.3. The van der Waals surface area contributed by atoms with Crippen LogP contribution >= 0.6 is 0 Å². The van der Waals surface area contributed by atoms with Gasteiger partial charge in [-0.2, -0.15) is 0 Å². The van der Waals surface area contributed by atoms with Crippen LogP contribution in [0.25, 0.3) is 0 Å². The first-order valence-corrected chi connectivity index (χ1v) is 8.22. The van der Waals surface area contributed by atoms with Gasteiger partial charge in [0.2, 0.25) is 5.91 Å². The number of carboxylic acid groups (broad SMARTS) is 1. The van der Waals surface area contributed by atoms with E-state index < -0.39 is 11.4 Å². The quantitative estimate of drug-likeness (QED) is 0.930. The van der Waals surface area contributed by atoms with Gasteiger partial charge in [0, 0.05) is 12.6 Å². The Kier molecular flexibility index (Phi) is 4.19. The van der Waals surface area contributed by atoms with Gasteiger partial charge >= 0.3 is 5.97 Å². The standard InChI is InChI=1S/C18H23NO3/c20-16(21)13-15-9-6-12-19(15)17(22)18(10-4-5-11-18)14-7-2-1-3-8-14/h1-3,7-8,15H,4-6,9-13H2,(H,20,21). The number of amides is 1. The Morgan fingerprint density at radius 2 is 1.82 bits per heavy atom. The topological polar surface area (TPSA) is 57.6 Å². The van der Waals surface area contributed by atoms with Gasteiger partial charge in [0.05, 0.1) is 11.8 Å². The largest absolute Gasteiger partial charge is 0.481 e. The number of nitrogens with zero attached hydrogens (tertiary/aromatic N) is 1. The van der Waals surface area contributed by atoms with Gasteiger partial charge in [-0.15, -0.1) is 0 Å². The van der Waals surface area contributed by atoms with Crippen LogP contribution in [0.15, 0.2) is 30.3 Å². The SMILES string of the molecule is O=C(O)CC1CCCN1C(=O)C1(c2ccccc2)CCCC1. The highest BCUT2D eigenvalue weighted by Crippen LogP contribution is 2.43. The molecule has 1 saturated carbocycles. The van der Waals surface area contributed by atoms with E-state index in [1.807, 2.05) is 35.2 Å². The van der Waals surface area contributed by atoms with Crippen molar-refractivity contribution in [1.82, 2.24) is 4.90 Å². The van der Waals surface area contributed by atoms with Crippen molar-refractivity contribution in [2.75, 3.05) is 6.54 Å². The van der Waals surface area contributed by atoms with Crippen molar-refractivity contribution in [2.45, 2.75) is 56.4 Å². The normalized spacial score (nSPS) is 23.6. The molecule has 1 aliphatic carbocycles. The number of aliphatic carboxylic acids is 1. The predicted octanol–water partition coefficient (Wildman–Crippen LogP) is 2.96. The van der Waals surface area contributed by atoms with Gasteiger partial charge in [0.15, 0.2) is 0 Å². The van der Waals surface area contributed by atoms with Crippen molar-refractivity contribution >= 4 is 11.9 Å². The molecule has 0 radical (unpaired) electrons. The molecule has 3 rings (SSSR count). The van der Waals surface area contributed by atoms with E-state index in [-0.39, 0.29) is 18.4 Å². The molecule has 0 aromatic heterocycles. The molecule has 1 unspecified atom stereocenters. The van der Waals surface area contributed by atoms with Crippen LogP contribution in [-0.4, -0.2) is 34.5 Å². The maximum Gasteiger partial charge on any atom is 0.305 e. The Morgan fingerprint density at radius 1 is 1.14 bits per heavy atom. The van der Waals surface area contributed by atoms with Gasteiger partial charge in [-0.25, -0.2) is 0 Å². The van der Waals surface area contributed by atoms with E-state index in [1.54, 1.807) is 0 Å². The molecular weight excluding hydrogens is 278 g/mol. The third kappa shape index (κ3) is 2.62. The highest BCUT2D eigenvalue weighted by Gasteiger charge is 2.47. The fraction of sp³-hybridized carbons (Fsp3) is 0.556. The summed E-state index contributed by atoms with van der Waals surface area (Å²) >= 11 is 0. The zero-order valence-corrected chi connectivity index (χ0v) is 12.8. The maximum atomic E-state index is 13.3. The number of benzene rings is 1. The summed E-state index contributed by atoms with van der Waals surface area (Å²) in [5.74, 6) is -0.662. The van der Waals surface area contributed by atoms with Gasteiger partial charge in [-0.05, 0) is 31.2 Å². The van der Waals surface area contributed by atoms with Gasteiger partial charge in [-0.1, -0.05) is 43.2 Å². The summed E-state index contributed by atoms with van der Waals surface area (Å²) in [7, 11) is 0. The van der Waals surface area contributed by atoms with Crippen molar-refractivity contribution in [1.29, 1.82) is 0 Å². The third-order valence-corrected chi connectivity index (χ3v) is 5.24. The third-order valence-electron chi connectivity index (χ3n) is 5.24. The molecule has 2 aliphatic rings. The molecule has 118 valence electrons. The number of likely N-dealkylation sites (tertiary alicyclic amines) is 1. The van der Waals surface area contributed by atoms with Crippen LogP contribution in [-0.2, 0) is 15.0 Å². The minimum Gasteiger partial charge on any atom is -0.481 e. The van der Waals surface area contributed by atoms with Crippen LogP contribution in [0.4, 0.5) is 0 Å². The summed E-state index contributed by atoms with van der Waals surface area (Å²) in [5, 5.41) is 9.08. The lowest BCUT2D eigenvalue weighted by atomic mass is 9.77. The molecule has 1 aromatic carbocycles. The Hall–Kier alpha value is -1.84. The fourth-order valence-corrected chi connectivity index (χ4v) is 4.15. The number of carbonyl (C=O) groups is 2. The molecule has 1 heterocycles. The first kappa shape index (κ1) is 15.1. The van der Waals surface area contributed by atoms with E-state index in [4.69, 9.17) is 5.11 Å². The number of hydrogen-bond acceptors (Lipinski definition) is 2. The van der Waals surface area contributed by atoms with E-state index in [1.165, 1.54) is 0 Å². The van der Waals surface area contributed by atoms with Crippen LogP contribution in [0.1, 0.15) is 50.5 Å². The minimum absolute atomic E-state index is 0.0661. The van der Waals surface area contributed by atoms with Crippen molar-refractivity contribution in [2.24, 2.45) is 0 Å². The number of hydrogen-bond donors (Lipinski definition) is 1. The van der Waals surface area contributed by atoms with Crippen molar-refractivity contribution in [3.63, 3.8) is 0 Å². The second-order valence-electron chi connectivity index (χ2n) is 6.55. The number of carbonyl (C=O) groups excluding carboxylic acids is 1. The summed E-state index contributed by atoms with van der Waals surface area (Å²) in [5.41, 5.74) is 0.668. The molecule has 1 atom stereocenters. The van der Waals surface area contributed by atoms with E-state index >= 15 is 0 Å². The molecule has 1 saturated heterocycles. The molecule has 4 heteroatoms. The van der Waals surface area contributed by atoms with Crippen molar-refractivity contribution in [3.8, 4) is 0 Å². The summed E-state index contributed by atoms with van der Waals surface area (Å²) in [4.78, 5) is 26.2. The molecule has 22 heavy (non-hydrogen) atoms. The summed E-state index contributed by atoms with van der Waals surface area (Å²) in [6.45, 7) is 0.700. The van der Waals surface area contributed by atoms with E-state index in [9.17, 15) is 9.59 Å². The lowest BCUT2D eigenvalue weighted by Crippen LogP contribution is -2.48. The molecule has 1 N–H and O–H groups in total. The van der Waals surface area contributed by atoms with Gasteiger partial charge < -0.3 is 10.0 Å². The van der Waals surface area contributed by atoms with Crippen LogP contribution < -0.4 is 0 Å². The average Bonchev–Trinajstić information content (AvgIpc) is 3.17. The van der Waals surface area contributed by atoms with Crippen LogP contribution in [0.3, 0.4) is 0 Å². The molecule has 1 aromatic rings. The monoisotopic (exact) mass is 301 g/mol. The van der Waals surface area contributed by atoms with Crippen LogP contribution in [0.2, 0.25) is 0 Å². The second-order valence-corrected chi connectivity index (χ2v) is 6.55. The van der Waals surface area contributed by atoms with Gasteiger partial charge in [0.25, 0.3) is 0 Å². The Labute approximate surface area is 131 Å². The first-order valence-electron chi connectivity index (χ1n) is 8.22. The molecule has 2 fully saturated rings. The highest BCUT2D eigenvalue weighted by atomic mass is 16.4. The summed E-state index contributed by atoms with van der Waals surface area (Å²) in [6.07, 6.45) is 5.68. The van der Waals surface area contributed by atoms with Crippen molar-refractivity contribution in [3.05, 3.63) is 35.9 Å². The number of carboxylic acids is 1. The molecule has 0 spiro atoms. The number of rotatable bonds is 4. The van der Waals surface area contributed by atoms with Gasteiger partial charge in [0.1, 0.15) is 0 Å². The summed E-state index contributed by atoms with van der Waals surface area (Å²) < 4.78 is 0. The fourth-order valence-electron chi connectivity index (χ4n) is 4.15. The smallest absolute Gasteiger partial charge is 0.305 e. The predicted molar refractivity (Wildman–Crippen MR) is 83.6 cm³/mol. The Morgan fingerprint density at radius 3 is 2.45 bits per heavy atom. The average molecular weight is 301 g/mol. The Bertz CT molecular complexity index is 549. The van der Waals surface area contributed by atoms with E-state index in [0.29, 0.717) is 6.54 Å². The molecular formula is C18H23NO3. The first-order chi connectivity index (χ1) is 10.6. The lowest BCUT2D eigenvalue weighted by molar-refractivity contribution is -0.142. The zero-order chi connectivity index (χ0) is 15.6. The lowest BCUT2D eigenvalue weighted by Gasteiger charge is -2.35. The minimum atomic E-state index is -0.815. The van der Waals surface area contributed by atoms with E-state index in [2.05, 4.69) is 0 Å². The zero-order valence-electron chi connectivity index (χ0n) is 12.8. The van der Waals surface area contributed by atoms with Crippen LogP contribution in [0.5, 0.6) is 0 Å². The molecule has 0 bridgehead atoms. The molecule has 4 nitrogen and oxygen atoms in total. The Balaban J connectivity index is 1.89. The summed E-state index contributed by atoms with van der Waals surface area (Å²) in [6, 6.07) is 9.91.